The molecule has 0 atom stereocenters. The van der Waals surface area contributed by atoms with Crippen molar-refractivity contribution in [1.29, 1.82) is 0 Å². The van der Waals surface area contributed by atoms with Crippen molar-refractivity contribution in [3.05, 3.63) is 64.1 Å². The molecule has 0 aliphatic heterocycles. The van der Waals surface area contributed by atoms with Gasteiger partial charge < -0.3 is 11.1 Å². The van der Waals surface area contributed by atoms with Crippen molar-refractivity contribution in [1.82, 2.24) is 0 Å². The van der Waals surface area contributed by atoms with Gasteiger partial charge in [0.25, 0.3) is 5.91 Å². The van der Waals surface area contributed by atoms with Crippen LogP contribution in [0.1, 0.15) is 15.9 Å². The highest BCUT2D eigenvalue weighted by Crippen LogP contribution is 2.21. The highest BCUT2D eigenvalue weighted by molar-refractivity contribution is 9.10. The Bertz CT molecular complexity index is 642. The first-order valence-electron chi connectivity index (χ1n) is 5.99. The zero-order valence-corrected chi connectivity index (χ0v) is 12.2. The Morgan fingerprint density at radius 1 is 1.10 bits per heavy atom. The largest absolute Gasteiger partial charge is 0.366 e. The van der Waals surface area contributed by atoms with Crippen molar-refractivity contribution >= 4 is 33.4 Å². The summed E-state index contributed by atoms with van der Waals surface area (Å²) in [5, 5.41) is 2.71. The second-order valence-electron chi connectivity index (χ2n) is 4.26. The highest BCUT2D eigenvalue weighted by Gasteiger charge is 2.11. The normalized spacial score (nSPS) is 10.1. The number of halogens is 1. The quantitative estimate of drug-likeness (QED) is 0.903. The highest BCUT2D eigenvalue weighted by atomic mass is 79.9. The van der Waals surface area contributed by atoms with Gasteiger partial charge in [-0.3, -0.25) is 9.59 Å². The second kappa shape index (κ2) is 6.34. The molecule has 0 unspecified atom stereocenters. The van der Waals surface area contributed by atoms with Crippen molar-refractivity contribution < 1.29 is 9.59 Å². The average Bonchev–Trinajstić information content (AvgIpc) is 2.41. The van der Waals surface area contributed by atoms with E-state index in [4.69, 9.17) is 5.73 Å². The van der Waals surface area contributed by atoms with Crippen LogP contribution in [0.2, 0.25) is 0 Å². The van der Waals surface area contributed by atoms with E-state index in [0.717, 1.165) is 10.0 Å². The van der Waals surface area contributed by atoms with Crippen LogP contribution in [0.4, 0.5) is 5.69 Å². The Hall–Kier alpha value is -2.14. The fraction of sp³-hybridized carbons (Fsp3) is 0.0667. The maximum Gasteiger partial charge on any atom is 0.250 e. The molecule has 2 rings (SSSR count). The van der Waals surface area contributed by atoms with Crippen LogP contribution in [0.25, 0.3) is 0 Å². The van der Waals surface area contributed by atoms with E-state index < -0.39 is 5.91 Å². The molecule has 0 fully saturated rings. The van der Waals surface area contributed by atoms with Crippen molar-refractivity contribution in [2.75, 3.05) is 5.32 Å². The third kappa shape index (κ3) is 3.68. The molecule has 0 spiro atoms. The van der Waals surface area contributed by atoms with E-state index in [2.05, 4.69) is 21.2 Å². The van der Waals surface area contributed by atoms with Gasteiger partial charge in [-0.05, 0) is 23.8 Å². The number of primary amides is 1. The van der Waals surface area contributed by atoms with Crippen molar-refractivity contribution in [3.63, 3.8) is 0 Å². The first kappa shape index (κ1) is 14.3. The number of nitrogens with one attached hydrogen (secondary N) is 1. The molecule has 0 aliphatic rings. The van der Waals surface area contributed by atoms with Gasteiger partial charge in [-0.25, -0.2) is 0 Å². The van der Waals surface area contributed by atoms with Gasteiger partial charge in [0.15, 0.2) is 0 Å². The van der Waals surface area contributed by atoms with E-state index in [-0.39, 0.29) is 17.9 Å². The standard InChI is InChI=1S/C15H13BrN2O2/c16-11-6-7-13(12(9-11)15(17)20)18-14(19)8-10-4-2-1-3-5-10/h1-7,9H,8H2,(H2,17,20)(H,18,19). The Labute approximate surface area is 125 Å². The molecule has 5 heteroatoms. The van der Waals surface area contributed by atoms with Crippen LogP contribution in [0, 0.1) is 0 Å². The van der Waals surface area contributed by atoms with Gasteiger partial charge in [-0.2, -0.15) is 0 Å². The summed E-state index contributed by atoms with van der Waals surface area (Å²) in [6.45, 7) is 0. The molecule has 0 bridgehead atoms. The summed E-state index contributed by atoms with van der Waals surface area (Å²) in [6.07, 6.45) is 0.245. The van der Waals surface area contributed by atoms with Crippen LogP contribution in [0.5, 0.6) is 0 Å². The molecule has 0 aromatic heterocycles. The van der Waals surface area contributed by atoms with Gasteiger partial charge in [0.1, 0.15) is 0 Å². The third-order valence-corrected chi connectivity index (χ3v) is 3.22. The smallest absolute Gasteiger partial charge is 0.250 e. The molecule has 0 radical (unpaired) electrons. The van der Waals surface area contributed by atoms with Gasteiger partial charge in [0, 0.05) is 4.47 Å². The predicted octanol–water partition coefficient (Wildman–Crippen LogP) is 2.73. The summed E-state index contributed by atoms with van der Waals surface area (Å²) in [5.74, 6) is -0.776. The minimum Gasteiger partial charge on any atom is -0.366 e. The van der Waals surface area contributed by atoms with Crippen molar-refractivity contribution in [3.8, 4) is 0 Å². The fourth-order valence-electron chi connectivity index (χ4n) is 1.80. The van der Waals surface area contributed by atoms with Crippen molar-refractivity contribution in [2.45, 2.75) is 6.42 Å². The lowest BCUT2D eigenvalue weighted by molar-refractivity contribution is -0.115. The Kier molecular flexibility index (Phi) is 4.53. The molecule has 3 N–H and O–H groups in total. The number of nitrogens with two attached hydrogens (primary N) is 1. The number of rotatable bonds is 4. The summed E-state index contributed by atoms with van der Waals surface area (Å²) < 4.78 is 0.729. The molecule has 4 nitrogen and oxygen atoms in total. The van der Waals surface area contributed by atoms with Crippen LogP contribution in [0.3, 0.4) is 0 Å². The minimum atomic E-state index is -0.582. The lowest BCUT2D eigenvalue weighted by Gasteiger charge is -2.09. The molecule has 2 aromatic rings. The van der Waals surface area contributed by atoms with E-state index in [1.54, 1.807) is 18.2 Å². The Morgan fingerprint density at radius 2 is 1.80 bits per heavy atom. The monoisotopic (exact) mass is 332 g/mol. The molecule has 102 valence electrons. The van der Waals surface area contributed by atoms with Crippen LogP contribution in [-0.2, 0) is 11.2 Å². The summed E-state index contributed by atoms with van der Waals surface area (Å²) in [4.78, 5) is 23.3. The molecule has 0 saturated heterocycles. The molecule has 20 heavy (non-hydrogen) atoms. The average molecular weight is 333 g/mol. The molecular formula is C15H13BrN2O2. The Balaban J connectivity index is 2.14. The van der Waals surface area contributed by atoms with Crippen LogP contribution < -0.4 is 11.1 Å². The number of carbonyl (C=O) groups is 2. The summed E-state index contributed by atoms with van der Waals surface area (Å²) in [7, 11) is 0. The van der Waals surface area contributed by atoms with Crippen LogP contribution >= 0.6 is 15.9 Å². The maximum absolute atomic E-state index is 12.0. The van der Waals surface area contributed by atoms with E-state index >= 15 is 0 Å². The number of carbonyl (C=O) groups excluding carboxylic acids is 2. The van der Waals surface area contributed by atoms with E-state index in [1.165, 1.54) is 0 Å². The maximum atomic E-state index is 12.0. The topological polar surface area (TPSA) is 72.2 Å². The zero-order valence-electron chi connectivity index (χ0n) is 10.6. The lowest BCUT2D eigenvalue weighted by Crippen LogP contribution is -2.19. The summed E-state index contributed by atoms with van der Waals surface area (Å²) in [5.41, 5.74) is 6.90. The molecule has 0 heterocycles. The zero-order chi connectivity index (χ0) is 14.5. The number of amides is 2. The van der Waals surface area contributed by atoms with E-state index in [9.17, 15) is 9.59 Å². The van der Waals surface area contributed by atoms with Gasteiger partial charge in [-0.15, -0.1) is 0 Å². The minimum absolute atomic E-state index is 0.193. The van der Waals surface area contributed by atoms with Gasteiger partial charge in [0.05, 0.1) is 17.7 Å². The number of anilines is 1. The fourth-order valence-corrected chi connectivity index (χ4v) is 2.17. The Morgan fingerprint density at radius 3 is 2.45 bits per heavy atom. The predicted molar refractivity (Wildman–Crippen MR) is 81.4 cm³/mol. The second-order valence-corrected chi connectivity index (χ2v) is 5.18. The summed E-state index contributed by atoms with van der Waals surface area (Å²) >= 11 is 3.26. The molecule has 0 aliphatic carbocycles. The summed E-state index contributed by atoms with van der Waals surface area (Å²) in [6, 6.07) is 14.3. The van der Waals surface area contributed by atoms with E-state index in [0.29, 0.717) is 5.69 Å². The van der Waals surface area contributed by atoms with E-state index in [1.807, 2.05) is 30.3 Å². The molecule has 2 aromatic carbocycles. The van der Waals surface area contributed by atoms with Crippen molar-refractivity contribution in [2.24, 2.45) is 5.73 Å². The lowest BCUT2D eigenvalue weighted by atomic mass is 10.1. The number of hydrogen-bond donors (Lipinski definition) is 2. The third-order valence-electron chi connectivity index (χ3n) is 2.73. The van der Waals surface area contributed by atoms with Crippen LogP contribution in [0.15, 0.2) is 53.0 Å². The first-order chi connectivity index (χ1) is 9.56. The molecule has 0 saturated carbocycles. The number of hydrogen-bond acceptors (Lipinski definition) is 2. The molecule has 2 amide bonds. The van der Waals surface area contributed by atoms with Crippen LogP contribution in [-0.4, -0.2) is 11.8 Å². The van der Waals surface area contributed by atoms with Gasteiger partial charge in [0.2, 0.25) is 5.91 Å². The first-order valence-corrected chi connectivity index (χ1v) is 6.78. The number of benzene rings is 2. The molecular weight excluding hydrogens is 320 g/mol. The SMILES string of the molecule is NC(=O)c1cc(Br)ccc1NC(=O)Cc1ccccc1. The van der Waals surface area contributed by atoms with Gasteiger partial charge in [-0.1, -0.05) is 46.3 Å². The van der Waals surface area contributed by atoms with Gasteiger partial charge >= 0.3 is 0 Å².